The van der Waals surface area contributed by atoms with Crippen molar-refractivity contribution in [1.82, 2.24) is 9.97 Å². The summed E-state index contributed by atoms with van der Waals surface area (Å²) >= 11 is 5.97. The van der Waals surface area contributed by atoms with Crippen molar-refractivity contribution >= 4 is 11.6 Å². The van der Waals surface area contributed by atoms with Gasteiger partial charge in [-0.3, -0.25) is 0 Å². The lowest BCUT2D eigenvalue weighted by molar-refractivity contribution is 0.340. The molecule has 18 heavy (non-hydrogen) atoms. The van der Waals surface area contributed by atoms with Crippen LogP contribution >= 0.6 is 11.6 Å². The van der Waals surface area contributed by atoms with Crippen molar-refractivity contribution in [3.63, 3.8) is 0 Å². The molecule has 0 amide bonds. The summed E-state index contributed by atoms with van der Waals surface area (Å²) in [5, 5.41) is 0.296. The third-order valence-electron chi connectivity index (χ3n) is 2.38. The highest BCUT2D eigenvalue weighted by Gasteiger charge is 2.12. The first-order chi connectivity index (χ1) is 8.76. The SMILES string of the molecule is CCOc1cccc(-c2ncnc(Cl)c2OC)c1. The molecule has 0 spiro atoms. The average molecular weight is 265 g/mol. The first-order valence-corrected chi connectivity index (χ1v) is 5.91. The van der Waals surface area contributed by atoms with Crippen LogP contribution < -0.4 is 9.47 Å². The van der Waals surface area contributed by atoms with Gasteiger partial charge >= 0.3 is 0 Å². The van der Waals surface area contributed by atoms with E-state index in [2.05, 4.69) is 9.97 Å². The van der Waals surface area contributed by atoms with Crippen molar-refractivity contribution in [2.24, 2.45) is 0 Å². The summed E-state index contributed by atoms with van der Waals surface area (Å²) in [6, 6.07) is 7.60. The van der Waals surface area contributed by atoms with Crippen LogP contribution in [0.3, 0.4) is 0 Å². The highest BCUT2D eigenvalue weighted by molar-refractivity contribution is 6.31. The Balaban J connectivity index is 2.48. The van der Waals surface area contributed by atoms with E-state index < -0.39 is 0 Å². The molecule has 4 nitrogen and oxygen atoms in total. The normalized spacial score (nSPS) is 10.2. The minimum atomic E-state index is 0.296. The highest BCUT2D eigenvalue weighted by Crippen LogP contribution is 2.33. The second kappa shape index (κ2) is 5.69. The zero-order valence-corrected chi connectivity index (χ0v) is 10.9. The quantitative estimate of drug-likeness (QED) is 0.796. The molecule has 0 N–H and O–H groups in total. The van der Waals surface area contributed by atoms with Crippen LogP contribution in [-0.2, 0) is 0 Å². The van der Waals surface area contributed by atoms with Crippen LogP contribution in [0.25, 0.3) is 11.3 Å². The Kier molecular flexibility index (Phi) is 3.99. The number of halogens is 1. The van der Waals surface area contributed by atoms with Gasteiger partial charge in [-0.15, -0.1) is 0 Å². The first kappa shape index (κ1) is 12.6. The van der Waals surface area contributed by atoms with Crippen LogP contribution in [0.1, 0.15) is 6.92 Å². The molecule has 0 atom stereocenters. The maximum atomic E-state index is 5.97. The lowest BCUT2D eigenvalue weighted by atomic mass is 10.1. The number of nitrogens with zero attached hydrogens (tertiary/aromatic N) is 2. The standard InChI is InChI=1S/C13H13ClN2O2/c1-3-18-10-6-4-5-9(7-10)11-12(17-2)13(14)16-8-15-11/h4-8H,3H2,1-2H3. The lowest BCUT2D eigenvalue weighted by Gasteiger charge is -2.09. The van der Waals surface area contributed by atoms with Crippen molar-refractivity contribution in [2.45, 2.75) is 6.92 Å². The summed E-state index contributed by atoms with van der Waals surface area (Å²) in [4.78, 5) is 8.10. The van der Waals surface area contributed by atoms with E-state index in [0.717, 1.165) is 11.3 Å². The zero-order chi connectivity index (χ0) is 13.0. The summed E-state index contributed by atoms with van der Waals surface area (Å²) in [6.45, 7) is 2.56. The monoisotopic (exact) mass is 264 g/mol. The van der Waals surface area contributed by atoms with Gasteiger partial charge in [-0.2, -0.15) is 0 Å². The molecule has 5 heteroatoms. The van der Waals surface area contributed by atoms with Crippen molar-refractivity contribution in [3.8, 4) is 22.8 Å². The maximum Gasteiger partial charge on any atom is 0.182 e. The van der Waals surface area contributed by atoms with Gasteiger partial charge in [0, 0.05) is 5.56 Å². The van der Waals surface area contributed by atoms with Crippen molar-refractivity contribution in [1.29, 1.82) is 0 Å². The van der Waals surface area contributed by atoms with Crippen molar-refractivity contribution in [3.05, 3.63) is 35.7 Å². The third kappa shape index (κ3) is 2.54. The Hall–Kier alpha value is -1.81. The van der Waals surface area contributed by atoms with E-state index >= 15 is 0 Å². The average Bonchev–Trinajstić information content (AvgIpc) is 2.39. The number of rotatable bonds is 4. The molecular weight excluding hydrogens is 252 g/mol. The molecule has 94 valence electrons. The molecule has 0 saturated carbocycles. The van der Waals surface area contributed by atoms with E-state index in [4.69, 9.17) is 21.1 Å². The largest absolute Gasteiger partial charge is 0.494 e. The molecular formula is C13H13ClN2O2. The molecule has 0 saturated heterocycles. The fourth-order valence-electron chi connectivity index (χ4n) is 1.64. The molecule has 0 aliphatic rings. The molecule has 1 aromatic heterocycles. The smallest absolute Gasteiger partial charge is 0.182 e. The van der Waals surface area contributed by atoms with E-state index in [0.29, 0.717) is 23.2 Å². The molecule has 1 aromatic carbocycles. The summed E-state index contributed by atoms with van der Waals surface area (Å²) in [6.07, 6.45) is 1.41. The van der Waals surface area contributed by atoms with Crippen LogP contribution in [0.5, 0.6) is 11.5 Å². The minimum Gasteiger partial charge on any atom is -0.494 e. The third-order valence-corrected chi connectivity index (χ3v) is 2.65. The van der Waals surface area contributed by atoms with Gasteiger partial charge in [-0.1, -0.05) is 23.7 Å². The van der Waals surface area contributed by atoms with E-state index in [9.17, 15) is 0 Å². The van der Waals surface area contributed by atoms with Gasteiger partial charge in [0.2, 0.25) is 0 Å². The molecule has 0 aliphatic carbocycles. The fraction of sp³-hybridized carbons (Fsp3) is 0.231. The minimum absolute atomic E-state index is 0.296. The molecule has 1 heterocycles. The number of benzene rings is 1. The number of aromatic nitrogens is 2. The Morgan fingerprint density at radius 2 is 2.11 bits per heavy atom. The Labute approximate surface area is 111 Å². The molecule has 0 radical (unpaired) electrons. The Bertz CT molecular complexity index is 546. The van der Waals surface area contributed by atoms with Crippen LogP contribution in [0.4, 0.5) is 0 Å². The lowest BCUT2D eigenvalue weighted by Crippen LogP contribution is -1.95. The molecule has 2 rings (SSSR count). The van der Waals surface area contributed by atoms with Gasteiger partial charge in [0.25, 0.3) is 0 Å². The second-order valence-corrected chi connectivity index (χ2v) is 3.87. The summed E-state index contributed by atoms with van der Waals surface area (Å²) < 4.78 is 10.7. The van der Waals surface area contributed by atoms with Gasteiger partial charge in [-0.25, -0.2) is 9.97 Å². The van der Waals surface area contributed by atoms with Crippen LogP contribution in [0.2, 0.25) is 5.15 Å². The Morgan fingerprint density at radius 1 is 1.28 bits per heavy atom. The summed E-state index contributed by atoms with van der Waals surface area (Å²) in [5.41, 5.74) is 1.53. The summed E-state index contributed by atoms with van der Waals surface area (Å²) in [5.74, 6) is 1.25. The number of hydrogen-bond acceptors (Lipinski definition) is 4. The topological polar surface area (TPSA) is 44.2 Å². The predicted molar refractivity (Wildman–Crippen MR) is 70.2 cm³/mol. The molecule has 0 aliphatic heterocycles. The van der Waals surface area contributed by atoms with Gasteiger partial charge in [0.15, 0.2) is 10.9 Å². The summed E-state index contributed by atoms with van der Waals surface area (Å²) in [7, 11) is 1.54. The van der Waals surface area contributed by atoms with Crippen LogP contribution in [-0.4, -0.2) is 23.7 Å². The van der Waals surface area contributed by atoms with E-state index in [-0.39, 0.29) is 0 Å². The predicted octanol–water partition coefficient (Wildman–Crippen LogP) is 3.20. The van der Waals surface area contributed by atoms with Crippen molar-refractivity contribution < 1.29 is 9.47 Å². The molecule has 2 aromatic rings. The van der Waals surface area contributed by atoms with Crippen LogP contribution in [0.15, 0.2) is 30.6 Å². The van der Waals surface area contributed by atoms with Gasteiger partial charge in [0.1, 0.15) is 17.8 Å². The van der Waals surface area contributed by atoms with Gasteiger partial charge < -0.3 is 9.47 Å². The van der Waals surface area contributed by atoms with Crippen LogP contribution in [0, 0.1) is 0 Å². The fourth-order valence-corrected chi connectivity index (χ4v) is 1.85. The van der Waals surface area contributed by atoms with Gasteiger partial charge in [-0.05, 0) is 19.1 Å². The number of ether oxygens (including phenoxy) is 2. The van der Waals surface area contributed by atoms with E-state index in [1.807, 2.05) is 31.2 Å². The van der Waals surface area contributed by atoms with E-state index in [1.165, 1.54) is 6.33 Å². The van der Waals surface area contributed by atoms with Gasteiger partial charge in [0.05, 0.1) is 13.7 Å². The maximum absolute atomic E-state index is 5.97. The molecule has 0 fully saturated rings. The van der Waals surface area contributed by atoms with Crippen molar-refractivity contribution in [2.75, 3.05) is 13.7 Å². The molecule has 0 unspecified atom stereocenters. The first-order valence-electron chi connectivity index (χ1n) is 5.54. The Morgan fingerprint density at radius 3 is 2.83 bits per heavy atom. The highest BCUT2D eigenvalue weighted by atomic mass is 35.5. The molecule has 0 bridgehead atoms. The zero-order valence-electron chi connectivity index (χ0n) is 10.2. The number of methoxy groups -OCH3 is 1. The number of hydrogen-bond donors (Lipinski definition) is 0. The second-order valence-electron chi connectivity index (χ2n) is 3.51. The van der Waals surface area contributed by atoms with E-state index in [1.54, 1.807) is 7.11 Å².